The van der Waals surface area contributed by atoms with Crippen LogP contribution in [0.3, 0.4) is 0 Å². The molecule has 3 aromatic carbocycles. The Hall–Kier alpha value is -2.58. The summed E-state index contributed by atoms with van der Waals surface area (Å²) in [5, 5.41) is 15.7. The molecule has 0 saturated carbocycles. The van der Waals surface area contributed by atoms with Crippen LogP contribution in [0.2, 0.25) is 0 Å². The highest BCUT2D eigenvalue weighted by Gasteiger charge is 2.44. The van der Waals surface area contributed by atoms with Crippen molar-refractivity contribution in [3.8, 4) is 5.75 Å². The molecule has 2 unspecified atom stereocenters. The Balaban J connectivity index is 1.09. The van der Waals surface area contributed by atoms with Crippen LogP contribution in [0.15, 0.2) is 76.5 Å². The molecule has 10 nitrogen and oxygen atoms in total. The Morgan fingerprint density at radius 3 is 2.46 bits per heavy atom. The molecule has 2 fully saturated rings. The van der Waals surface area contributed by atoms with Gasteiger partial charge in [-0.05, 0) is 54.3 Å². The topological polar surface area (TPSA) is 125 Å². The molecule has 2 N–H and O–H groups in total. The van der Waals surface area contributed by atoms with Crippen LogP contribution in [0, 0.1) is 0 Å². The van der Waals surface area contributed by atoms with Crippen LogP contribution in [0.1, 0.15) is 19.3 Å². The van der Waals surface area contributed by atoms with E-state index in [2.05, 4.69) is 5.32 Å². The highest BCUT2D eigenvalue weighted by atomic mass is 32.2. The summed E-state index contributed by atoms with van der Waals surface area (Å²) in [5.41, 5.74) is -0.382. The number of aliphatic hydroxyl groups excluding tert-OH is 1. The molecular weight excluding hydrogens is 566 g/mol. The zero-order valence-electron chi connectivity index (χ0n) is 23.3. The predicted molar refractivity (Wildman–Crippen MR) is 156 cm³/mol. The van der Waals surface area contributed by atoms with E-state index in [-0.39, 0.29) is 29.7 Å². The molecule has 0 aromatic heterocycles. The van der Waals surface area contributed by atoms with Crippen molar-refractivity contribution in [3.05, 3.63) is 66.7 Å². The summed E-state index contributed by atoms with van der Waals surface area (Å²) >= 11 is 0. The molecule has 2 aliphatic heterocycles. The molecule has 222 valence electrons. The van der Waals surface area contributed by atoms with Crippen molar-refractivity contribution >= 4 is 30.8 Å². The van der Waals surface area contributed by atoms with E-state index in [1.807, 2.05) is 30.3 Å². The number of sulfonamides is 2. The highest BCUT2D eigenvalue weighted by Crippen LogP contribution is 2.37. The second-order valence-electron chi connectivity index (χ2n) is 10.9. The van der Waals surface area contributed by atoms with E-state index in [0.717, 1.165) is 21.5 Å². The maximum Gasteiger partial charge on any atom is 0.243 e. The molecule has 0 radical (unpaired) electrons. The van der Waals surface area contributed by atoms with Crippen molar-refractivity contribution in [3.63, 3.8) is 0 Å². The Labute approximate surface area is 242 Å². The first-order valence-corrected chi connectivity index (χ1v) is 16.6. The molecule has 1 spiro atoms. The number of hydrogen-bond acceptors (Lipinski definition) is 8. The first-order chi connectivity index (χ1) is 19.5. The minimum Gasteiger partial charge on any atom is -0.491 e. The van der Waals surface area contributed by atoms with Gasteiger partial charge in [-0.3, -0.25) is 0 Å². The number of nitrogens with one attached hydrogen (secondary N) is 1. The third-order valence-electron chi connectivity index (χ3n) is 7.87. The van der Waals surface area contributed by atoms with Crippen molar-refractivity contribution in [2.24, 2.45) is 0 Å². The van der Waals surface area contributed by atoms with Crippen molar-refractivity contribution in [1.82, 2.24) is 13.9 Å². The van der Waals surface area contributed by atoms with Gasteiger partial charge in [-0.15, -0.1) is 0 Å². The fourth-order valence-electron chi connectivity index (χ4n) is 5.42. The minimum absolute atomic E-state index is 0.00121. The predicted octanol–water partition coefficient (Wildman–Crippen LogP) is 2.43. The van der Waals surface area contributed by atoms with Crippen LogP contribution < -0.4 is 10.1 Å². The van der Waals surface area contributed by atoms with Crippen LogP contribution in [0.4, 0.5) is 0 Å². The number of rotatable bonds is 10. The molecule has 41 heavy (non-hydrogen) atoms. The fraction of sp³-hybridized carbons (Fsp3) is 0.448. The second kappa shape index (κ2) is 12.0. The van der Waals surface area contributed by atoms with Gasteiger partial charge in [0.25, 0.3) is 0 Å². The molecule has 2 aliphatic rings. The third kappa shape index (κ3) is 6.59. The average molecular weight is 604 g/mol. The Bertz CT molecular complexity index is 1590. The van der Waals surface area contributed by atoms with Crippen molar-refractivity contribution in [1.29, 1.82) is 0 Å². The third-order valence-corrected chi connectivity index (χ3v) is 11.6. The highest BCUT2D eigenvalue weighted by molar-refractivity contribution is 7.89. The first-order valence-electron chi connectivity index (χ1n) is 13.7. The van der Waals surface area contributed by atoms with Gasteiger partial charge in [0.2, 0.25) is 20.0 Å². The van der Waals surface area contributed by atoms with Gasteiger partial charge in [0.1, 0.15) is 18.5 Å². The summed E-state index contributed by atoms with van der Waals surface area (Å²) in [5.74, 6) is 0.362. The van der Waals surface area contributed by atoms with Crippen LogP contribution in [-0.4, -0.2) is 95.2 Å². The number of ether oxygens (including phenoxy) is 2. The van der Waals surface area contributed by atoms with Crippen molar-refractivity contribution in [2.45, 2.75) is 46.8 Å². The quantitative estimate of drug-likeness (QED) is 0.362. The zero-order chi connectivity index (χ0) is 29.3. The Kier molecular flexibility index (Phi) is 8.72. The second-order valence-corrected chi connectivity index (χ2v) is 15.0. The Morgan fingerprint density at radius 1 is 1.00 bits per heavy atom. The van der Waals surface area contributed by atoms with Gasteiger partial charge in [0.15, 0.2) is 0 Å². The van der Waals surface area contributed by atoms with Gasteiger partial charge in [0, 0.05) is 45.8 Å². The van der Waals surface area contributed by atoms with Gasteiger partial charge in [0.05, 0.1) is 22.0 Å². The van der Waals surface area contributed by atoms with Gasteiger partial charge in [-0.1, -0.05) is 36.4 Å². The summed E-state index contributed by atoms with van der Waals surface area (Å²) in [4.78, 5) is 0.429. The lowest BCUT2D eigenvalue weighted by molar-refractivity contribution is -0.0312. The number of aliphatic hydroxyl groups is 1. The van der Waals surface area contributed by atoms with E-state index in [4.69, 9.17) is 9.47 Å². The first kappa shape index (κ1) is 29.9. The number of hydrogen-bond donors (Lipinski definition) is 2. The minimum atomic E-state index is -3.60. The van der Waals surface area contributed by atoms with Gasteiger partial charge in [-0.2, -0.15) is 4.31 Å². The van der Waals surface area contributed by atoms with Crippen LogP contribution >= 0.6 is 0 Å². The average Bonchev–Trinajstić information content (AvgIpc) is 3.37. The number of nitrogens with zero attached hydrogens (tertiary/aromatic N) is 2. The normalized spacial score (nSPS) is 20.5. The van der Waals surface area contributed by atoms with Crippen molar-refractivity contribution in [2.75, 3.05) is 46.9 Å². The molecule has 0 amide bonds. The van der Waals surface area contributed by atoms with Crippen LogP contribution in [-0.2, 0) is 24.8 Å². The monoisotopic (exact) mass is 603 g/mol. The van der Waals surface area contributed by atoms with Gasteiger partial charge < -0.3 is 19.9 Å². The number of fused-ring (bicyclic) bond motifs is 1. The lowest BCUT2D eigenvalue weighted by Crippen LogP contribution is -2.47. The molecule has 2 saturated heterocycles. The largest absolute Gasteiger partial charge is 0.491 e. The lowest BCUT2D eigenvalue weighted by Gasteiger charge is -2.38. The zero-order valence-corrected chi connectivity index (χ0v) is 24.9. The summed E-state index contributed by atoms with van der Waals surface area (Å²) in [6.45, 7) is 1.54. The van der Waals surface area contributed by atoms with Gasteiger partial charge >= 0.3 is 0 Å². The van der Waals surface area contributed by atoms with E-state index in [1.165, 1.54) is 26.2 Å². The lowest BCUT2D eigenvalue weighted by atomic mass is 9.88. The maximum atomic E-state index is 13.3. The summed E-state index contributed by atoms with van der Waals surface area (Å²) in [6.07, 6.45) is 1.13. The van der Waals surface area contributed by atoms with Crippen LogP contribution in [0.25, 0.3) is 10.8 Å². The molecule has 0 aliphatic carbocycles. The van der Waals surface area contributed by atoms with E-state index < -0.39 is 26.2 Å². The molecule has 2 atom stereocenters. The standard InChI is InChI=1S/C29H37N3O7S2/c1-31(2)40(34,35)27-9-5-8-26(17-27)38-21-25(33)19-30-24-18-29(39-20-24)12-14-32(15-13-29)41(36,37)28-11-10-22-6-3-4-7-23(22)16-28/h3-11,16-17,24-25,30,33H,12-15,18-21H2,1-2H3. The number of piperidine rings is 1. The SMILES string of the molecule is CN(C)S(=O)(=O)c1cccc(OCC(O)CNC2COC3(CCN(S(=O)(=O)c4ccc5ccccc5c4)CC3)C2)c1. The summed E-state index contributed by atoms with van der Waals surface area (Å²) in [6, 6.07) is 19.2. The molecule has 12 heteroatoms. The molecule has 5 rings (SSSR count). The smallest absolute Gasteiger partial charge is 0.243 e. The molecule has 0 bridgehead atoms. The fourth-order valence-corrected chi connectivity index (χ4v) is 7.84. The van der Waals surface area contributed by atoms with E-state index >= 15 is 0 Å². The summed E-state index contributed by atoms with van der Waals surface area (Å²) < 4.78 is 65.9. The summed E-state index contributed by atoms with van der Waals surface area (Å²) in [7, 11) is -4.25. The molecule has 2 heterocycles. The van der Waals surface area contributed by atoms with Gasteiger partial charge in [-0.25, -0.2) is 21.1 Å². The van der Waals surface area contributed by atoms with Crippen molar-refractivity contribution < 1.29 is 31.4 Å². The van der Waals surface area contributed by atoms with E-state index in [0.29, 0.717) is 43.2 Å². The van der Waals surface area contributed by atoms with E-state index in [9.17, 15) is 21.9 Å². The molecular formula is C29H37N3O7S2. The Morgan fingerprint density at radius 2 is 1.73 bits per heavy atom. The van der Waals surface area contributed by atoms with E-state index in [1.54, 1.807) is 28.6 Å². The number of benzene rings is 3. The van der Waals surface area contributed by atoms with Crippen LogP contribution in [0.5, 0.6) is 5.75 Å². The molecule has 3 aromatic rings. The maximum absolute atomic E-state index is 13.3.